The summed E-state index contributed by atoms with van der Waals surface area (Å²) in [7, 11) is 1.60. The lowest BCUT2D eigenvalue weighted by molar-refractivity contribution is 0.0703. The molecule has 0 saturated heterocycles. The Labute approximate surface area is 144 Å². The van der Waals surface area contributed by atoms with Gasteiger partial charge < -0.3 is 13.9 Å². The monoisotopic (exact) mass is 332 g/mol. The summed E-state index contributed by atoms with van der Waals surface area (Å²) in [6.45, 7) is 1.84. The molecule has 25 heavy (non-hydrogen) atoms. The minimum absolute atomic E-state index is 0.205. The molecule has 4 nitrogen and oxygen atoms in total. The summed E-state index contributed by atoms with van der Waals surface area (Å²) in [5.41, 5.74) is 1.36. The second-order valence-electron chi connectivity index (χ2n) is 5.82. The number of methoxy groups -OCH3 is 1. The van der Waals surface area contributed by atoms with E-state index >= 15 is 0 Å². The number of fused-ring (bicyclic) bond motifs is 2. The molecular formula is C21H16O4. The van der Waals surface area contributed by atoms with Gasteiger partial charge in [-0.15, -0.1) is 0 Å². The van der Waals surface area contributed by atoms with Crippen LogP contribution in [0.4, 0.5) is 0 Å². The van der Waals surface area contributed by atoms with Crippen molar-refractivity contribution >= 4 is 27.7 Å². The summed E-state index contributed by atoms with van der Waals surface area (Å²) in [6.07, 6.45) is 0. The smallest absolute Gasteiger partial charge is 0.379 e. The minimum atomic E-state index is -0.511. The third-order valence-electron chi connectivity index (χ3n) is 4.26. The molecule has 0 atom stereocenters. The van der Waals surface area contributed by atoms with Gasteiger partial charge in [0.2, 0.25) is 5.76 Å². The lowest BCUT2D eigenvalue weighted by atomic mass is 10.1. The standard InChI is InChI=1S/C21H16O4/c1-13-18-12-16(23-2)9-10-19(18)25-20(13)21(22)24-17-8-7-14-5-3-4-6-15(14)11-17/h3-12H,1-2H3. The predicted octanol–water partition coefficient (Wildman–Crippen LogP) is 5.12. The fourth-order valence-corrected chi connectivity index (χ4v) is 2.91. The Morgan fingerprint density at radius 1 is 0.920 bits per heavy atom. The molecule has 0 amide bonds. The second kappa shape index (κ2) is 5.98. The van der Waals surface area contributed by atoms with Gasteiger partial charge in [-0.2, -0.15) is 0 Å². The van der Waals surface area contributed by atoms with Crippen molar-refractivity contribution in [3.63, 3.8) is 0 Å². The number of aryl methyl sites for hydroxylation is 1. The van der Waals surface area contributed by atoms with Gasteiger partial charge in [-0.25, -0.2) is 4.79 Å². The Morgan fingerprint density at radius 3 is 2.48 bits per heavy atom. The van der Waals surface area contributed by atoms with Crippen LogP contribution in [0.5, 0.6) is 11.5 Å². The van der Waals surface area contributed by atoms with Crippen LogP contribution < -0.4 is 9.47 Å². The van der Waals surface area contributed by atoms with Crippen LogP contribution in [0.2, 0.25) is 0 Å². The molecule has 0 N–H and O–H groups in total. The molecule has 0 aliphatic heterocycles. The van der Waals surface area contributed by atoms with Crippen molar-refractivity contribution < 1.29 is 18.7 Å². The number of hydrogen-bond donors (Lipinski definition) is 0. The van der Waals surface area contributed by atoms with Gasteiger partial charge in [-0.3, -0.25) is 0 Å². The molecule has 3 aromatic carbocycles. The van der Waals surface area contributed by atoms with Crippen molar-refractivity contribution in [1.29, 1.82) is 0 Å². The SMILES string of the molecule is COc1ccc2oc(C(=O)Oc3ccc4ccccc4c3)c(C)c2c1. The van der Waals surface area contributed by atoms with Gasteiger partial charge in [0.05, 0.1) is 7.11 Å². The quantitative estimate of drug-likeness (QED) is 0.386. The van der Waals surface area contributed by atoms with E-state index in [4.69, 9.17) is 13.9 Å². The van der Waals surface area contributed by atoms with Crippen molar-refractivity contribution in [3.05, 3.63) is 72.0 Å². The van der Waals surface area contributed by atoms with Crippen LogP contribution in [0, 0.1) is 6.92 Å². The Bertz CT molecular complexity index is 1090. The van der Waals surface area contributed by atoms with E-state index in [1.807, 2.05) is 49.4 Å². The molecule has 4 heteroatoms. The highest BCUT2D eigenvalue weighted by molar-refractivity contribution is 5.97. The van der Waals surface area contributed by atoms with E-state index in [1.165, 1.54) is 0 Å². The maximum atomic E-state index is 12.5. The van der Waals surface area contributed by atoms with E-state index in [1.54, 1.807) is 25.3 Å². The normalized spacial score (nSPS) is 11.0. The molecule has 1 aromatic heterocycles. The zero-order chi connectivity index (χ0) is 17.4. The van der Waals surface area contributed by atoms with Gasteiger partial charge in [0.1, 0.15) is 17.1 Å². The molecule has 1 heterocycles. The van der Waals surface area contributed by atoms with E-state index in [0.29, 0.717) is 17.1 Å². The van der Waals surface area contributed by atoms with E-state index < -0.39 is 5.97 Å². The van der Waals surface area contributed by atoms with Crippen LogP contribution in [0.1, 0.15) is 16.1 Å². The molecule has 4 rings (SSSR count). The Kier molecular flexibility index (Phi) is 3.65. The fraction of sp³-hybridized carbons (Fsp3) is 0.0952. The van der Waals surface area contributed by atoms with Gasteiger partial charge in [-0.1, -0.05) is 30.3 Å². The van der Waals surface area contributed by atoms with Crippen LogP contribution in [0.25, 0.3) is 21.7 Å². The third kappa shape index (κ3) is 2.72. The third-order valence-corrected chi connectivity index (χ3v) is 4.26. The van der Waals surface area contributed by atoms with Crippen LogP contribution in [-0.4, -0.2) is 13.1 Å². The van der Waals surface area contributed by atoms with Crippen molar-refractivity contribution in [2.75, 3.05) is 7.11 Å². The number of ether oxygens (including phenoxy) is 2. The van der Waals surface area contributed by atoms with Crippen molar-refractivity contribution in [3.8, 4) is 11.5 Å². The van der Waals surface area contributed by atoms with Crippen LogP contribution in [-0.2, 0) is 0 Å². The van der Waals surface area contributed by atoms with Gasteiger partial charge in [0.25, 0.3) is 0 Å². The molecular weight excluding hydrogens is 316 g/mol. The summed E-state index contributed by atoms with van der Waals surface area (Å²) in [5.74, 6) is 0.895. The van der Waals surface area contributed by atoms with E-state index in [9.17, 15) is 4.79 Å². The molecule has 0 aliphatic rings. The van der Waals surface area contributed by atoms with Crippen molar-refractivity contribution in [1.82, 2.24) is 0 Å². The second-order valence-corrected chi connectivity index (χ2v) is 5.82. The van der Waals surface area contributed by atoms with Crippen molar-refractivity contribution in [2.45, 2.75) is 6.92 Å². The van der Waals surface area contributed by atoms with Gasteiger partial charge in [-0.05, 0) is 48.0 Å². The average molecular weight is 332 g/mol. The maximum absolute atomic E-state index is 12.5. The van der Waals surface area contributed by atoms with E-state index in [-0.39, 0.29) is 5.76 Å². The summed E-state index contributed by atoms with van der Waals surface area (Å²) in [6, 6.07) is 18.9. The molecule has 0 unspecified atom stereocenters. The minimum Gasteiger partial charge on any atom is -0.497 e. The molecule has 0 radical (unpaired) electrons. The highest BCUT2D eigenvalue weighted by Gasteiger charge is 2.20. The number of carbonyl (C=O) groups is 1. The lowest BCUT2D eigenvalue weighted by Crippen LogP contribution is -2.08. The Hall–Kier alpha value is -3.27. The first-order valence-electron chi connectivity index (χ1n) is 7.94. The number of rotatable bonds is 3. The first-order chi connectivity index (χ1) is 12.2. The van der Waals surface area contributed by atoms with Crippen LogP contribution in [0.3, 0.4) is 0 Å². The summed E-state index contributed by atoms with van der Waals surface area (Å²) in [4.78, 5) is 12.5. The topological polar surface area (TPSA) is 48.7 Å². The zero-order valence-corrected chi connectivity index (χ0v) is 13.9. The van der Waals surface area contributed by atoms with E-state index in [0.717, 1.165) is 21.7 Å². The zero-order valence-electron chi connectivity index (χ0n) is 13.9. The molecule has 0 spiro atoms. The summed E-state index contributed by atoms with van der Waals surface area (Å²) in [5, 5.41) is 2.94. The average Bonchev–Trinajstić information content (AvgIpc) is 2.98. The first kappa shape index (κ1) is 15.3. The summed E-state index contributed by atoms with van der Waals surface area (Å²) < 4.78 is 16.4. The predicted molar refractivity (Wildman–Crippen MR) is 96.4 cm³/mol. The highest BCUT2D eigenvalue weighted by atomic mass is 16.5. The fourth-order valence-electron chi connectivity index (χ4n) is 2.91. The summed E-state index contributed by atoms with van der Waals surface area (Å²) >= 11 is 0. The number of hydrogen-bond acceptors (Lipinski definition) is 4. The van der Waals surface area contributed by atoms with Gasteiger partial charge in [0, 0.05) is 10.9 Å². The Balaban J connectivity index is 1.68. The van der Waals surface area contributed by atoms with E-state index in [2.05, 4.69) is 0 Å². The molecule has 0 saturated carbocycles. The Morgan fingerprint density at radius 2 is 1.68 bits per heavy atom. The first-order valence-corrected chi connectivity index (χ1v) is 7.94. The molecule has 0 aliphatic carbocycles. The lowest BCUT2D eigenvalue weighted by Gasteiger charge is -2.04. The van der Waals surface area contributed by atoms with Crippen LogP contribution in [0.15, 0.2) is 65.1 Å². The number of esters is 1. The van der Waals surface area contributed by atoms with Gasteiger partial charge >= 0.3 is 5.97 Å². The number of furan rings is 1. The molecule has 124 valence electrons. The molecule has 0 bridgehead atoms. The van der Waals surface area contributed by atoms with Crippen molar-refractivity contribution in [2.24, 2.45) is 0 Å². The maximum Gasteiger partial charge on any atom is 0.379 e. The molecule has 0 fully saturated rings. The van der Waals surface area contributed by atoms with Gasteiger partial charge in [0.15, 0.2) is 0 Å². The number of carbonyl (C=O) groups excluding carboxylic acids is 1. The molecule has 4 aromatic rings. The largest absolute Gasteiger partial charge is 0.497 e. The number of benzene rings is 3. The van der Waals surface area contributed by atoms with Crippen LogP contribution >= 0.6 is 0 Å². The highest BCUT2D eigenvalue weighted by Crippen LogP contribution is 2.30.